The van der Waals surface area contributed by atoms with Crippen molar-refractivity contribution in [3.05, 3.63) is 82.5 Å². The molecule has 2 unspecified atom stereocenters. The molecule has 0 saturated heterocycles. The lowest BCUT2D eigenvalue weighted by Crippen LogP contribution is -2.53. The minimum absolute atomic E-state index is 0.0124. The molecule has 1 aliphatic carbocycles. The van der Waals surface area contributed by atoms with Gasteiger partial charge in [0.1, 0.15) is 21.9 Å². The molecule has 5 rings (SSSR count). The lowest BCUT2D eigenvalue weighted by molar-refractivity contribution is -0.124. The molecule has 9 heteroatoms. The topological polar surface area (TPSA) is 155 Å². The van der Waals surface area contributed by atoms with Gasteiger partial charge in [0.2, 0.25) is 0 Å². The van der Waals surface area contributed by atoms with E-state index in [-0.39, 0.29) is 16.1 Å². The summed E-state index contributed by atoms with van der Waals surface area (Å²) in [6.45, 7) is 0. The number of aromatic carboxylic acids is 1. The molecule has 160 valence electrons. The zero-order chi connectivity index (χ0) is 22.6. The molecule has 0 spiro atoms. The lowest BCUT2D eigenvalue weighted by atomic mass is 9.72. The number of aromatic nitrogens is 1. The van der Waals surface area contributed by atoms with Crippen molar-refractivity contribution in [3.63, 3.8) is 0 Å². The number of hydrogen-bond donors (Lipinski definition) is 4. The van der Waals surface area contributed by atoms with Crippen LogP contribution in [0.3, 0.4) is 0 Å². The molecule has 0 amide bonds. The molecular weight excluding hydrogens is 428 g/mol. The fourth-order valence-corrected chi connectivity index (χ4v) is 5.24. The average molecular weight is 446 g/mol. The van der Waals surface area contributed by atoms with E-state index in [2.05, 4.69) is 4.98 Å². The third-order valence-corrected chi connectivity index (χ3v) is 6.87. The smallest absolute Gasteiger partial charge is 0.346 e. The molecule has 0 aliphatic heterocycles. The van der Waals surface area contributed by atoms with Crippen molar-refractivity contribution in [1.29, 1.82) is 0 Å². The molecule has 7 N–H and O–H groups in total. The van der Waals surface area contributed by atoms with Crippen LogP contribution in [0.1, 0.15) is 32.5 Å². The van der Waals surface area contributed by atoms with E-state index in [1.165, 1.54) is 6.20 Å². The van der Waals surface area contributed by atoms with E-state index < -0.39 is 23.3 Å². The number of carboxylic acids is 1. The maximum absolute atomic E-state index is 13.4. The SMILES string of the molecule is Nc1ccc2c3c(c(C(=O)O)sc13)C(N)C(=O)C2(N)c1ccc(Oc2ccccc2)cn1. The number of pyridine rings is 1. The maximum atomic E-state index is 13.4. The van der Waals surface area contributed by atoms with Crippen LogP contribution >= 0.6 is 11.3 Å². The van der Waals surface area contributed by atoms with E-state index in [1.54, 1.807) is 24.3 Å². The quantitative estimate of drug-likeness (QED) is 0.349. The predicted molar refractivity (Wildman–Crippen MR) is 121 cm³/mol. The van der Waals surface area contributed by atoms with Gasteiger partial charge in [-0.3, -0.25) is 9.78 Å². The normalized spacial score (nSPS) is 19.8. The zero-order valence-corrected chi connectivity index (χ0v) is 17.4. The summed E-state index contributed by atoms with van der Waals surface area (Å²) in [6, 6.07) is 14.5. The molecule has 4 aromatic rings. The molecular formula is C23H18N4O4S. The number of ketones is 1. The third kappa shape index (κ3) is 2.79. The number of Topliss-reactive ketones (excluding diaryl/α,β-unsaturated/α-hetero) is 1. The van der Waals surface area contributed by atoms with Gasteiger partial charge in [-0.2, -0.15) is 0 Å². The van der Waals surface area contributed by atoms with Crippen LogP contribution in [-0.4, -0.2) is 21.8 Å². The fourth-order valence-electron chi connectivity index (χ4n) is 4.10. The van der Waals surface area contributed by atoms with Crippen molar-refractivity contribution in [1.82, 2.24) is 4.98 Å². The van der Waals surface area contributed by atoms with E-state index in [1.807, 2.05) is 30.3 Å². The van der Waals surface area contributed by atoms with Crippen LogP contribution in [0.2, 0.25) is 0 Å². The number of carboxylic acid groups (broad SMARTS) is 1. The van der Waals surface area contributed by atoms with Crippen LogP contribution in [0.25, 0.3) is 10.1 Å². The number of para-hydroxylation sites is 1. The number of nitrogen functional groups attached to an aromatic ring is 1. The van der Waals surface area contributed by atoms with Crippen molar-refractivity contribution < 1.29 is 19.4 Å². The van der Waals surface area contributed by atoms with Gasteiger partial charge in [-0.1, -0.05) is 24.3 Å². The first-order valence-electron chi connectivity index (χ1n) is 9.69. The Bertz CT molecular complexity index is 1380. The van der Waals surface area contributed by atoms with E-state index in [0.29, 0.717) is 32.8 Å². The number of rotatable bonds is 4. The van der Waals surface area contributed by atoms with E-state index in [9.17, 15) is 14.7 Å². The number of nitrogens with two attached hydrogens (primary N) is 3. The van der Waals surface area contributed by atoms with Crippen molar-refractivity contribution in [2.45, 2.75) is 11.6 Å². The number of carbonyl (C=O) groups is 2. The molecule has 2 heterocycles. The summed E-state index contributed by atoms with van der Waals surface area (Å²) < 4.78 is 6.31. The number of carbonyl (C=O) groups excluding carboxylic acids is 1. The van der Waals surface area contributed by atoms with E-state index in [4.69, 9.17) is 21.9 Å². The van der Waals surface area contributed by atoms with Gasteiger partial charge in [-0.15, -0.1) is 11.3 Å². The Balaban J connectivity index is 1.66. The van der Waals surface area contributed by atoms with Gasteiger partial charge in [0.25, 0.3) is 0 Å². The second-order valence-corrected chi connectivity index (χ2v) is 8.52. The first-order chi connectivity index (χ1) is 15.3. The first kappa shape index (κ1) is 20.1. The first-order valence-corrected chi connectivity index (χ1v) is 10.5. The summed E-state index contributed by atoms with van der Waals surface area (Å²) in [5.41, 5.74) is 18.7. The Morgan fingerprint density at radius 1 is 1.09 bits per heavy atom. The van der Waals surface area contributed by atoms with Crippen LogP contribution < -0.4 is 21.9 Å². The number of thiophene rings is 1. The van der Waals surface area contributed by atoms with Crippen molar-refractivity contribution >= 4 is 38.9 Å². The summed E-state index contributed by atoms with van der Waals surface area (Å²) in [4.78, 5) is 29.7. The molecule has 2 atom stereocenters. The predicted octanol–water partition coefficient (Wildman–Crippen LogP) is 3.15. The molecule has 0 bridgehead atoms. The summed E-state index contributed by atoms with van der Waals surface area (Å²) in [6.07, 6.45) is 1.48. The summed E-state index contributed by atoms with van der Waals surface area (Å²) in [7, 11) is 0. The Morgan fingerprint density at radius 3 is 2.50 bits per heavy atom. The summed E-state index contributed by atoms with van der Waals surface area (Å²) in [5.74, 6) is -0.589. The Morgan fingerprint density at radius 2 is 1.84 bits per heavy atom. The molecule has 1 aliphatic rings. The summed E-state index contributed by atoms with van der Waals surface area (Å²) >= 11 is 0.990. The fraction of sp³-hybridized carbons (Fsp3) is 0.0870. The second kappa shape index (κ2) is 7.13. The van der Waals surface area contributed by atoms with Gasteiger partial charge in [0, 0.05) is 16.6 Å². The number of hydrogen-bond acceptors (Lipinski definition) is 8. The van der Waals surface area contributed by atoms with Gasteiger partial charge in [0.05, 0.1) is 22.6 Å². The molecule has 8 nitrogen and oxygen atoms in total. The molecule has 0 fully saturated rings. The minimum atomic E-state index is -1.67. The monoisotopic (exact) mass is 446 g/mol. The van der Waals surface area contributed by atoms with Crippen LogP contribution in [-0.2, 0) is 10.3 Å². The number of nitrogens with zero attached hydrogens (tertiary/aromatic N) is 1. The molecule has 2 aromatic carbocycles. The van der Waals surface area contributed by atoms with Gasteiger partial charge >= 0.3 is 5.97 Å². The Kier molecular flexibility index (Phi) is 4.48. The second-order valence-electron chi connectivity index (χ2n) is 7.50. The van der Waals surface area contributed by atoms with Crippen molar-refractivity contribution in [2.75, 3.05) is 5.73 Å². The van der Waals surface area contributed by atoms with Crippen LogP contribution in [0, 0.1) is 0 Å². The highest BCUT2D eigenvalue weighted by Crippen LogP contribution is 2.49. The standard InChI is InChI=1S/C23H18N4O4S/c24-14-8-7-13-16-17(20(22(29)30)32-19(14)16)18(25)21(28)23(13,26)15-9-6-12(10-27-15)31-11-4-2-1-3-5-11/h1-10,18H,24-26H2,(H,29,30). The number of ether oxygens (including phenoxy) is 1. The highest BCUT2D eigenvalue weighted by molar-refractivity contribution is 7.21. The minimum Gasteiger partial charge on any atom is -0.477 e. The highest BCUT2D eigenvalue weighted by Gasteiger charge is 2.49. The Labute approximate surface area is 186 Å². The molecule has 0 radical (unpaired) electrons. The van der Waals surface area contributed by atoms with Crippen molar-refractivity contribution in [2.24, 2.45) is 11.5 Å². The zero-order valence-electron chi connectivity index (χ0n) is 16.6. The van der Waals surface area contributed by atoms with Crippen molar-refractivity contribution in [3.8, 4) is 11.5 Å². The van der Waals surface area contributed by atoms with E-state index >= 15 is 0 Å². The van der Waals surface area contributed by atoms with Crippen LogP contribution in [0.15, 0.2) is 60.8 Å². The summed E-state index contributed by atoms with van der Waals surface area (Å²) in [5, 5.41) is 10.2. The van der Waals surface area contributed by atoms with Gasteiger partial charge in [-0.05, 0) is 35.9 Å². The Hall–Kier alpha value is -3.79. The average Bonchev–Trinajstić information content (AvgIpc) is 3.20. The van der Waals surface area contributed by atoms with Gasteiger partial charge in [-0.25, -0.2) is 4.79 Å². The molecule has 2 aromatic heterocycles. The van der Waals surface area contributed by atoms with Crippen LogP contribution in [0.4, 0.5) is 5.69 Å². The third-order valence-electron chi connectivity index (χ3n) is 5.63. The number of anilines is 1. The largest absolute Gasteiger partial charge is 0.477 e. The van der Waals surface area contributed by atoms with Gasteiger partial charge in [0.15, 0.2) is 5.78 Å². The highest BCUT2D eigenvalue weighted by atomic mass is 32.1. The number of benzene rings is 2. The van der Waals surface area contributed by atoms with Crippen LogP contribution in [0.5, 0.6) is 11.5 Å². The van der Waals surface area contributed by atoms with Gasteiger partial charge < -0.3 is 27.0 Å². The van der Waals surface area contributed by atoms with E-state index in [0.717, 1.165) is 11.3 Å². The lowest BCUT2D eigenvalue weighted by Gasteiger charge is -2.35. The molecule has 0 saturated carbocycles. The molecule has 32 heavy (non-hydrogen) atoms. The maximum Gasteiger partial charge on any atom is 0.346 e.